The molecule has 3 nitrogen and oxygen atoms in total. The zero-order chi connectivity index (χ0) is 14.5. The largest absolute Gasteiger partial charge is 0.508 e. The van der Waals surface area contributed by atoms with Crippen LogP contribution in [0.5, 0.6) is 5.75 Å². The number of ether oxygens (including phenoxy) is 1. The summed E-state index contributed by atoms with van der Waals surface area (Å²) < 4.78 is 5.06. The van der Waals surface area contributed by atoms with Gasteiger partial charge in [-0.05, 0) is 43.7 Å². The number of phenols is 1. The Hall–Kier alpha value is -1.81. The van der Waals surface area contributed by atoms with Crippen molar-refractivity contribution in [3.05, 3.63) is 51.7 Å². The predicted octanol–water partition coefficient (Wildman–Crippen LogP) is 3.85. The Bertz CT molecular complexity index is 572. The standard InChI is InChI=1S/C16H18O3S/c1-3-19-16(18)10-14(15-9-4-11(2)20-15)12-5-7-13(17)8-6-12/h4-9,14,17H,3,10H2,1-2H3/t14-/m0/s1. The average Bonchev–Trinajstić information content (AvgIpc) is 2.84. The van der Waals surface area contributed by atoms with Crippen LogP contribution in [0.1, 0.15) is 34.6 Å². The maximum atomic E-state index is 11.8. The summed E-state index contributed by atoms with van der Waals surface area (Å²) in [6, 6.07) is 11.1. The van der Waals surface area contributed by atoms with Crippen molar-refractivity contribution in [2.75, 3.05) is 6.61 Å². The van der Waals surface area contributed by atoms with E-state index < -0.39 is 0 Å². The van der Waals surface area contributed by atoms with E-state index in [1.807, 2.05) is 26.0 Å². The number of hydrogen-bond donors (Lipinski definition) is 1. The smallest absolute Gasteiger partial charge is 0.306 e. The Morgan fingerprint density at radius 2 is 1.95 bits per heavy atom. The molecule has 1 atom stereocenters. The highest BCUT2D eigenvalue weighted by Gasteiger charge is 2.20. The summed E-state index contributed by atoms with van der Waals surface area (Å²) in [5.41, 5.74) is 1.01. The molecule has 20 heavy (non-hydrogen) atoms. The second-order valence-corrected chi connectivity index (χ2v) is 5.92. The number of rotatable bonds is 5. The lowest BCUT2D eigenvalue weighted by atomic mass is 9.94. The van der Waals surface area contributed by atoms with E-state index in [0.717, 1.165) is 10.4 Å². The van der Waals surface area contributed by atoms with Crippen molar-refractivity contribution in [2.24, 2.45) is 0 Å². The van der Waals surface area contributed by atoms with Crippen molar-refractivity contribution in [2.45, 2.75) is 26.2 Å². The summed E-state index contributed by atoms with van der Waals surface area (Å²) in [5, 5.41) is 9.39. The summed E-state index contributed by atoms with van der Waals surface area (Å²) in [6.07, 6.45) is 0.318. The topological polar surface area (TPSA) is 46.5 Å². The third-order valence-electron chi connectivity index (χ3n) is 3.08. The number of carbonyl (C=O) groups excluding carboxylic acids is 1. The van der Waals surface area contributed by atoms with Gasteiger partial charge in [-0.15, -0.1) is 11.3 Å². The van der Waals surface area contributed by atoms with Crippen molar-refractivity contribution < 1.29 is 14.6 Å². The van der Waals surface area contributed by atoms with Gasteiger partial charge in [0.25, 0.3) is 0 Å². The van der Waals surface area contributed by atoms with E-state index in [4.69, 9.17) is 4.74 Å². The molecule has 0 aliphatic heterocycles. The van der Waals surface area contributed by atoms with Crippen LogP contribution in [0.2, 0.25) is 0 Å². The Kier molecular flexibility index (Phi) is 4.79. The molecule has 0 unspecified atom stereocenters. The third kappa shape index (κ3) is 3.61. The summed E-state index contributed by atoms with van der Waals surface area (Å²) in [4.78, 5) is 14.2. The summed E-state index contributed by atoms with van der Waals surface area (Å²) in [7, 11) is 0. The zero-order valence-corrected chi connectivity index (χ0v) is 12.4. The minimum Gasteiger partial charge on any atom is -0.508 e. The molecule has 0 aliphatic carbocycles. The highest BCUT2D eigenvalue weighted by atomic mass is 32.1. The van der Waals surface area contributed by atoms with Crippen molar-refractivity contribution in [1.29, 1.82) is 0 Å². The van der Waals surface area contributed by atoms with Crippen LogP contribution in [0.4, 0.5) is 0 Å². The van der Waals surface area contributed by atoms with Crippen LogP contribution in [0, 0.1) is 6.92 Å². The monoisotopic (exact) mass is 290 g/mol. The van der Waals surface area contributed by atoms with Gasteiger partial charge in [-0.3, -0.25) is 4.79 Å². The van der Waals surface area contributed by atoms with Crippen molar-refractivity contribution in [3.8, 4) is 5.75 Å². The number of benzene rings is 1. The van der Waals surface area contributed by atoms with E-state index in [2.05, 4.69) is 12.1 Å². The van der Waals surface area contributed by atoms with Gasteiger partial charge in [-0.25, -0.2) is 0 Å². The number of hydrogen-bond acceptors (Lipinski definition) is 4. The fourth-order valence-electron chi connectivity index (χ4n) is 2.12. The fourth-order valence-corrected chi connectivity index (χ4v) is 3.12. The van der Waals surface area contributed by atoms with E-state index in [0.29, 0.717) is 13.0 Å². The van der Waals surface area contributed by atoms with E-state index in [-0.39, 0.29) is 17.6 Å². The van der Waals surface area contributed by atoms with Gasteiger partial charge in [0.15, 0.2) is 0 Å². The summed E-state index contributed by atoms with van der Waals surface area (Å²) >= 11 is 1.68. The van der Waals surface area contributed by atoms with Gasteiger partial charge >= 0.3 is 5.97 Å². The first-order chi connectivity index (χ1) is 9.60. The van der Waals surface area contributed by atoms with Gasteiger partial charge in [-0.2, -0.15) is 0 Å². The van der Waals surface area contributed by atoms with Crippen LogP contribution in [0.3, 0.4) is 0 Å². The second kappa shape index (κ2) is 6.57. The van der Waals surface area contributed by atoms with Crippen LogP contribution in [0.15, 0.2) is 36.4 Å². The van der Waals surface area contributed by atoms with Crippen LogP contribution in [-0.4, -0.2) is 17.7 Å². The van der Waals surface area contributed by atoms with E-state index in [1.165, 1.54) is 4.88 Å². The fraction of sp³-hybridized carbons (Fsp3) is 0.312. The molecular formula is C16H18O3S. The highest BCUT2D eigenvalue weighted by Crippen LogP contribution is 2.33. The lowest BCUT2D eigenvalue weighted by Gasteiger charge is -2.15. The summed E-state index contributed by atoms with van der Waals surface area (Å²) in [6.45, 7) is 4.25. The van der Waals surface area contributed by atoms with E-state index in [1.54, 1.807) is 23.5 Å². The van der Waals surface area contributed by atoms with Gasteiger partial charge < -0.3 is 9.84 Å². The molecule has 106 valence electrons. The molecule has 0 saturated carbocycles. The van der Waals surface area contributed by atoms with E-state index in [9.17, 15) is 9.90 Å². The average molecular weight is 290 g/mol. The van der Waals surface area contributed by atoms with Crippen molar-refractivity contribution in [1.82, 2.24) is 0 Å². The molecule has 1 heterocycles. The van der Waals surface area contributed by atoms with Gasteiger partial charge in [0.05, 0.1) is 13.0 Å². The molecular weight excluding hydrogens is 272 g/mol. The van der Waals surface area contributed by atoms with Crippen LogP contribution >= 0.6 is 11.3 Å². The number of esters is 1. The third-order valence-corrected chi connectivity index (χ3v) is 4.19. The maximum Gasteiger partial charge on any atom is 0.306 e. The summed E-state index contributed by atoms with van der Waals surface area (Å²) in [5.74, 6) is 0.0102. The second-order valence-electron chi connectivity index (χ2n) is 4.60. The molecule has 0 saturated heterocycles. The first-order valence-corrected chi connectivity index (χ1v) is 7.42. The number of aromatic hydroxyl groups is 1. The van der Waals surface area contributed by atoms with Crippen LogP contribution < -0.4 is 0 Å². The molecule has 0 aliphatic rings. The molecule has 0 radical (unpaired) electrons. The maximum absolute atomic E-state index is 11.8. The molecule has 1 aromatic heterocycles. The predicted molar refractivity (Wildman–Crippen MR) is 80.3 cm³/mol. The Labute approximate surface area is 122 Å². The number of phenolic OH excluding ortho intramolecular Hbond substituents is 1. The first kappa shape index (κ1) is 14.6. The lowest BCUT2D eigenvalue weighted by molar-refractivity contribution is -0.143. The molecule has 0 spiro atoms. The van der Waals surface area contributed by atoms with Crippen molar-refractivity contribution in [3.63, 3.8) is 0 Å². The van der Waals surface area contributed by atoms with Gasteiger partial charge in [-0.1, -0.05) is 12.1 Å². The van der Waals surface area contributed by atoms with E-state index >= 15 is 0 Å². The Balaban J connectivity index is 2.28. The molecule has 2 rings (SSSR count). The molecule has 1 N–H and O–H groups in total. The SMILES string of the molecule is CCOC(=O)C[C@@H](c1ccc(O)cc1)c1ccc(C)s1. The highest BCUT2D eigenvalue weighted by molar-refractivity contribution is 7.12. The number of thiophene rings is 1. The zero-order valence-electron chi connectivity index (χ0n) is 11.6. The Morgan fingerprint density at radius 1 is 1.25 bits per heavy atom. The molecule has 4 heteroatoms. The number of aryl methyl sites for hydroxylation is 1. The minimum absolute atomic E-state index is 0.0200. The molecule has 1 aromatic carbocycles. The Morgan fingerprint density at radius 3 is 2.50 bits per heavy atom. The van der Waals surface area contributed by atoms with Gasteiger partial charge in [0.1, 0.15) is 5.75 Å². The van der Waals surface area contributed by atoms with Crippen molar-refractivity contribution >= 4 is 17.3 Å². The quantitative estimate of drug-likeness (QED) is 0.851. The lowest BCUT2D eigenvalue weighted by Crippen LogP contribution is -2.10. The minimum atomic E-state index is -0.198. The molecule has 2 aromatic rings. The van der Waals surface area contributed by atoms with Gasteiger partial charge in [0.2, 0.25) is 0 Å². The number of carbonyl (C=O) groups is 1. The first-order valence-electron chi connectivity index (χ1n) is 6.61. The van der Waals surface area contributed by atoms with Gasteiger partial charge in [0, 0.05) is 15.7 Å². The molecule has 0 amide bonds. The van der Waals surface area contributed by atoms with Crippen LogP contribution in [0.25, 0.3) is 0 Å². The molecule has 0 fully saturated rings. The van der Waals surface area contributed by atoms with Crippen LogP contribution in [-0.2, 0) is 9.53 Å². The molecule has 0 bridgehead atoms. The normalized spacial score (nSPS) is 12.1.